The molecule has 4 fully saturated rings. The Morgan fingerprint density at radius 1 is 0.977 bits per heavy atom. The highest BCUT2D eigenvalue weighted by molar-refractivity contribution is 5.90. The summed E-state index contributed by atoms with van der Waals surface area (Å²) >= 11 is 0. The Balaban J connectivity index is 1.07. The summed E-state index contributed by atoms with van der Waals surface area (Å²) in [5, 5.41) is 12.1. The summed E-state index contributed by atoms with van der Waals surface area (Å²) in [7, 11) is 0. The third-order valence-electron chi connectivity index (χ3n) is 11.5. The molecule has 1 aliphatic carbocycles. The van der Waals surface area contributed by atoms with E-state index in [-0.39, 0.29) is 17.1 Å². The lowest BCUT2D eigenvalue weighted by Gasteiger charge is -2.47. The number of nitrogens with zero attached hydrogens (tertiary/aromatic N) is 4. The van der Waals surface area contributed by atoms with Crippen molar-refractivity contribution in [2.24, 2.45) is 0 Å². The van der Waals surface area contributed by atoms with Crippen molar-refractivity contribution in [3.63, 3.8) is 0 Å². The number of rotatable bonds is 7. The van der Waals surface area contributed by atoms with Gasteiger partial charge in [0, 0.05) is 31.2 Å². The van der Waals surface area contributed by atoms with Gasteiger partial charge in [0.1, 0.15) is 17.2 Å². The number of carbonyl (C=O) groups is 2. The van der Waals surface area contributed by atoms with Crippen molar-refractivity contribution in [1.29, 1.82) is 0 Å². The first-order chi connectivity index (χ1) is 21.3. The summed E-state index contributed by atoms with van der Waals surface area (Å²) in [6.45, 7) is 4.20. The highest BCUT2D eigenvalue weighted by Crippen LogP contribution is 2.45. The monoisotopic (exact) mass is 601 g/mol. The Labute approximate surface area is 258 Å². The van der Waals surface area contributed by atoms with Crippen molar-refractivity contribution < 1.29 is 19.1 Å². The number of halogens is 1. The molecule has 44 heavy (non-hydrogen) atoms. The quantitative estimate of drug-likeness (QED) is 0.338. The number of hydrogen-bond acceptors (Lipinski definition) is 4. The summed E-state index contributed by atoms with van der Waals surface area (Å²) in [4.78, 5) is 34.8. The van der Waals surface area contributed by atoms with Gasteiger partial charge in [-0.2, -0.15) is 0 Å². The maximum atomic E-state index is 14.6. The Bertz CT molecular complexity index is 1530. The normalized spacial score (nSPS) is 26.2. The molecule has 1 saturated carbocycles. The van der Waals surface area contributed by atoms with Crippen LogP contribution in [0.5, 0.6) is 0 Å². The van der Waals surface area contributed by atoms with E-state index in [4.69, 9.17) is 4.98 Å². The van der Waals surface area contributed by atoms with Crippen LogP contribution in [0, 0.1) is 12.7 Å². The van der Waals surface area contributed by atoms with E-state index < -0.39 is 11.6 Å². The van der Waals surface area contributed by atoms with Gasteiger partial charge < -0.3 is 19.9 Å². The second kappa shape index (κ2) is 11.5. The average molecular weight is 602 g/mol. The van der Waals surface area contributed by atoms with E-state index in [2.05, 4.69) is 52.0 Å². The summed E-state index contributed by atoms with van der Waals surface area (Å²) in [5.41, 5.74) is 2.08. The Morgan fingerprint density at radius 3 is 2.36 bits per heavy atom. The van der Waals surface area contributed by atoms with Gasteiger partial charge in [-0.05, 0) is 106 Å². The fourth-order valence-corrected chi connectivity index (χ4v) is 9.31. The number of para-hydroxylation sites is 2. The molecule has 1 unspecified atom stereocenters. The zero-order valence-electron chi connectivity index (χ0n) is 25.7. The van der Waals surface area contributed by atoms with E-state index in [0.29, 0.717) is 44.1 Å². The van der Waals surface area contributed by atoms with E-state index in [1.807, 2.05) is 4.90 Å². The lowest BCUT2D eigenvalue weighted by atomic mass is 9.70. The van der Waals surface area contributed by atoms with Crippen LogP contribution >= 0.6 is 0 Å². The number of hydrogen-bond donors (Lipinski definition) is 2. The first-order valence-electron chi connectivity index (χ1n) is 16.5. The lowest BCUT2D eigenvalue weighted by Crippen LogP contribution is -2.60. The minimum Gasteiger partial charge on any atom is -0.465 e. The number of aryl methyl sites for hydroxylation is 1. The zero-order valence-corrected chi connectivity index (χ0v) is 25.7. The first-order valence-corrected chi connectivity index (χ1v) is 16.5. The summed E-state index contributed by atoms with van der Waals surface area (Å²) in [6.07, 6.45) is 8.73. The Kier molecular flexibility index (Phi) is 7.63. The van der Waals surface area contributed by atoms with Gasteiger partial charge in [-0.1, -0.05) is 37.1 Å². The molecule has 2 N–H and O–H groups in total. The van der Waals surface area contributed by atoms with Gasteiger partial charge in [0.15, 0.2) is 0 Å². The van der Waals surface area contributed by atoms with E-state index >= 15 is 0 Å². The topological polar surface area (TPSA) is 90.7 Å². The molecule has 9 heteroatoms. The highest BCUT2D eigenvalue weighted by Gasteiger charge is 2.48. The number of carbonyl (C=O) groups excluding carboxylic acids is 1. The minimum absolute atomic E-state index is 0.0901. The molecule has 4 heterocycles. The molecule has 4 aliphatic rings. The van der Waals surface area contributed by atoms with Crippen LogP contribution in [0.25, 0.3) is 11.0 Å². The number of imidazole rings is 1. The van der Waals surface area contributed by atoms with E-state index in [9.17, 15) is 19.1 Å². The van der Waals surface area contributed by atoms with Crippen LogP contribution in [0.1, 0.15) is 88.1 Å². The van der Waals surface area contributed by atoms with E-state index in [0.717, 1.165) is 68.4 Å². The predicted octanol–water partition coefficient (Wildman–Crippen LogP) is 6.18. The Hall–Kier alpha value is -3.46. The van der Waals surface area contributed by atoms with Crippen LogP contribution < -0.4 is 5.32 Å². The molecular formula is C35H44FN5O3. The van der Waals surface area contributed by atoms with Gasteiger partial charge in [-0.25, -0.2) is 14.2 Å². The molecule has 2 aromatic carbocycles. The molecule has 234 valence electrons. The van der Waals surface area contributed by atoms with E-state index in [1.54, 1.807) is 12.1 Å². The Morgan fingerprint density at radius 2 is 1.68 bits per heavy atom. The van der Waals surface area contributed by atoms with Crippen molar-refractivity contribution in [1.82, 2.24) is 24.7 Å². The SMILES string of the molecule is Cc1nc2ccccc2n1C1C[C@H]2CC[C@@H](C1)N2CCC1(c2cccc(F)c2)CCN(C(=O)C2(NC(=O)O)CCCC2)CC1. The molecule has 3 aliphatic heterocycles. The molecule has 0 spiro atoms. The molecule has 3 atom stereocenters. The lowest BCUT2D eigenvalue weighted by molar-refractivity contribution is -0.139. The second-order valence-corrected chi connectivity index (χ2v) is 13.8. The van der Waals surface area contributed by atoms with Crippen LogP contribution in [-0.4, -0.2) is 73.7 Å². The zero-order chi connectivity index (χ0) is 30.5. The van der Waals surface area contributed by atoms with Gasteiger partial charge in [0.2, 0.25) is 5.91 Å². The third kappa shape index (κ3) is 5.17. The molecule has 8 nitrogen and oxygen atoms in total. The molecular weight excluding hydrogens is 557 g/mol. The number of carboxylic acid groups (broad SMARTS) is 1. The minimum atomic E-state index is -1.14. The van der Waals surface area contributed by atoms with Crippen LogP contribution in [0.3, 0.4) is 0 Å². The van der Waals surface area contributed by atoms with Gasteiger partial charge in [0.25, 0.3) is 0 Å². The van der Waals surface area contributed by atoms with Gasteiger partial charge in [0.05, 0.1) is 11.0 Å². The standard InChI is InChI=1S/C35H44FN5O3/c1-24-37-30-9-2-3-10-31(30)41(24)29-22-27-11-12-28(23-29)40(27)20-17-34(25-7-6-8-26(36)21-25)15-18-39(19-16-34)32(42)35(38-33(43)44)13-4-5-14-35/h2-3,6-10,21,27-29,38H,4-5,11-20,22-23H2,1H3,(H,43,44)/t27-,28+,29?. The molecule has 1 aromatic heterocycles. The number of fused-ring (bicyclic) bond motifs is 3. The number of likely N-dealkylation sites (tertiary alicyclic amines) is 1. The fraction of sp³-hybridized carbons (Fsp3) is 0.571. The van der Waals surface area contributed by atoms with Gasteiger partial charge >= 0.3 is 6.09 Å². The van der Waals surface area contributed by atoms with Crippen molar-refractivity contribution in [3.8, 4) is 0 Å². The summed E-state index contributed by atoms with van der Waals surface area (Å²) in [6, 6.07) is 17.0. The fourth-order valence-electron chi connectivity index (χ4n) is 9.31. The van der Waals surface area contributed by atoms with E-state index in [1.165, 1.54) is 24.4 Å². The van der Waals surface area contributed by atoms with Gasteiger partial charge in [-0.15, -0.1) is 0 Å². The smallest absolute Gasteiger partial charge is 0.405 e. The average Bonchev–Trinajstić information content (AvgIpc) is 3.68. The predicted molar refractivity (Wildman–Crippen MR) is 167 cm³/mol. The van der Waals surface area contributed by atoms with Gasteiger partial charge in [-0.3, -0.25) is 9.69 Å². The molecule has 0 radical (unpaired) electrons. The largest absolute Gasteiger partial charge is 0.465 e. The number of benzene rings is 2. The highest BCUT2D eigenvalue weighted by atomic mass is 19.1. The van der Waals surface area contributed by atoms with Crippen molar-refractivity contribution in [2.75, 3.05) is 19.6 Å². The molecule has 7 rings (SSSR count). The number of nitrogens with one attached hydrogen (secondary N) is 1. The molecule has 3 saturated heterocycles. The maximum absolute atomic E-state index is 14.6. The molecule has 2 bridgehead atoms. The number of aromatic nitrogens is 2. The van der Waals surface area contributed by atoms with Crippen LogP contribution in [0.4, 0.5) is 9.18 Å². The summed E-state index contributed by atoms with van der Waals surface area (Å²) < 4.78 is 17.0. The second-order valence-electron chi connectivity index (χ2n) is 13.8. The first kappa shape index (κ1) is 29.3. The third-order valence-corrected chi connectivity index (χ3v) is 11.5. The molecule has 2 amide bonds. The number of piperidine rings is 2. The van der Waals surface area contributed by atoms with Crippen LogP contribution in [0.15, 0.2) is 48.5 Å². The number of amides is 2. The van der Waals surface area contributed by atoms with Crippen molar-refractivity contribution >= 4 is 23.0 Å². The summed E-state index contributed by atoms with van der Waals surface area (Å²) in [5.74, 6) is 0.779. The van der Waals surface area contributed by atoms with Crippen LogP contribution in [-0.2, 0) is 10.2 Å². The van der Waals surface area contributed by atoms with Crippen molar-refractivity contribution in [2.45, 2.75) is 107 Å². The van der Waals surface area contributed by atoms with Crippen molar-refractivity contribution in [3.05, 3.63) is 65.7 Å². The molecule has 3 aromatic rings. The van der Waals surface area contributed by atoms with Crippen LogP contribution in [0.2, 0.25) is 0 Å². The maximum Gasteiger partial charge on any atom is 0.405 e.